The Kier molecular flexibility index (Phi) is 4.33. The molecule has 0 atom stereocenters. The van der Waals surface area contributed by atoms with Crippen molar-refractivity contribution in [3.63, 3.8) is 0 Å². The van der Waals surface area contributed by atoms with E-state index >= 15 is 0 Å². The Morgan fingerprint density at radius 2 is 1.87 bits per heavy atom. The van der Waals surface area contributed by atoms with Gasteiger partial charge in [0.05, 0.1) is 7.11 Å². The van der Waals surface area contributed by atoms with Gasteiger partial charge in [0.15, 0.2) is 0 Å². The summed E-state index contributed by atoms with van der Waals surface area (Å²) in [6.45, 7) is 0.403. The molecule has 0 radical (unpaired) electrons. The number of rotatable bonds is 5. The van der Waals surface area contributed by atoms with Crippen LogP contribution in [0, 0.1) is 0 Å². The largest absolute Gasteiger partial charge is 0.497 e. The summed E-state index contributed by atoms with van der Waals surface area (Å²) in [5.74, 6) is 0.628. The van der Waals surface area contributed by atoms with E-state index in [4.69, 9.17) is 9.26 Å². The van der Waals surface area contributed by atoms with Crippen LogP contribution < -0.4 is 10.1 Å². The Morgan fingerprint density at radius 3 is 2.57 bits per heavy atom. The van der Waals surface area contributed by atoms with E-state index in [2.05, 4.69) is 15.5 Å². The van der Waals surface area contributed by atoms with Gasteiger partial charge in [-0.3, -0.25) is 4.79 Å². The Morgan fingerprint density at radius 1 is 1.13 bits per heavy atom. The number of nitrogens with one attached hydrogen (secondary N) is 1. The highest BCUT2D eigenvalue weighted by Gasteiger charge is 2.15. The third-order valence-electron chi connectivity index (χ3n) is 3.26. The Bertz CT molecular complexity index is 782. The van der Waals surface area contributed by atoms with E-state index in [1.165, 1.54) is 0 Å². The maximum Gasteiger partial charge on any atom is 0.316 e. The highest BCUT2D eigenvalue weighted by Crippen LogP contribution is 2.19. The molecule has 1 N–H and O–H groups in total. The lowest BCUT2D eigenvalue weighted by Crippen LogP contribution is -2.23. The van der Waals surface area contributed by atoms with Crippen molar-refractivity contribution in [3.8, 4) is 17.1 Å². The first-order valence-corrected chi connectivity index (χ1v) is 7.06. The molecule has 3 rings (SSSR count). The summed E-state index contributed by atoms with van der Waals surface area (Å²) in [4.78, 5) is 16.2. The minimum absolute atomic E-state index is 0.0632. The highest BCUT2D eigenvalue weighted by molar-refractivity contribution is 5.89. The number of hydrogen-bond donors (Lipinski definition) is 1. The molecule has 6 nitrogen and oxygen atoms in total. The second kappa shape index (κ2) is 6.74. The van der Waals surface area contributed by atoms with Crippen LogP contribution >= 0.6 is 0 Å². The summed E-state index contributed by atoms with van der Waals surface area (Å²) >= 11 is 0. The van der Waals surface area contributed by atoms with Crippen LogP contribution in [0.1, 0.15) is 16.2 Å². The summed E-state index contributed by atoms with van der Waals surface area (Å²) < 4.78 is 10.1. The maximum atomic E-state index is 12.0. The molecule has 0 fully saturated rings. The van der Waals surface area contributed by atoms with Crippen LogP contribution in [0.4, 0.5) is 0 Å². The molecule has 3 aromatic rings. The molecule has 0 saturated heterocycles. The lowest BCUT2D eigenvalue weighted by atomic mass is 10.2. The van der Waals surface area contributed by atoms with E-state index in [9.17, 15) is 4.79 Å². The second-order valence-corrected chi connectivity index (χ2v) is 4.82. The number of nitrogens with zero attached hydrogens (tertiary/aromatic N) is 2. The van der Waals surface area contributed by atoms with Crippen LogP contribution in [0.2, 0.25) is 0 Å². The zero-order valence-corrected chi connectivity index (χ0v) is 12.5. The summed E-state index contributed by atoms with van der Waals surface area (Å²) in [6.07, 6.45) is 0. The zero-order valence-electron chi connectivity index (χ0n) is 12.5. The molecule has 6 heteroatoms. The first kappa shape index (κ1) is 14.8. The molecule has 0 unspecified atom stereocenters. The topological polar surface area (TPSA) is 77.2 Å². The van der Waals surface area contributed by atoms with Gasteiger partial charge in [-0.15, -0.1) is 0 Å². The molecule has 0 spiro atoms. The zero-order chi connectivity index (χ0) is 16.1. The minimum atomic E-state index is -0.402. The van der Waals surface area contributed by atoms with Gasteiger partial charge in [-0.25, -0.2) is 0 Å². The van der Waals surface area contributed by atoms with Crippen molar-refractivity contribution in [3.05, 3.63) is 66.1 Å². The Hall–Kier alpha value is -3.15. The first-order valence-electron chi connectivity index (χ1n) is 7.06. The van der Waals surface area contributed by atoms with E-state index in [-0.39, 0.29) is 5.89 Å². The molecule has 0 aliphatic carbocycles. The van der Waals surface area contributed by atoms with Gasteiger partial charge in [0.2, 0.25) is 5.82 Å². The van der Waals surface area contributed by atoms with Gasteiger partial charge in [-0.2, -0.15) is 4.98 Å². The van der Waals surface area contributed by atoms with E-state index in [0.717, 1.165) is 16.9 Å². The van der Waals surface area contributed by atoms with Crippen molar-refractivity contribution in [2.24, 2.45) is 0 Å². The van der Waals surface area contributed by atoms with Gasteiger partial charge in [0, 0.05) is 12.1 Å². The maximum absolute atomic E-state index is 12.0. The fourth-order valence-corrected chi connectivity index (χ4v) is 2.03. The number of carbonyl (C=O) groups is 1. The van der Waals surface area contributed by atoms with Gasteiger partial charge in [-0.1, -0.05) is 35.5 Å². The van der Waals surface area contributed by atoms with Crippen molar-refractivity contribution < 1.29 is 14.1 Å². The average molecular weight is 309 g/mol. The predicted molar refractivity (Wildman–Crippen MR) is 83.9 cm³/mol. The van der Waals surface area contributed by atoms with E-state index in [1.807, 2.05) is 30.3 Å². The summed E-state index contributed by atoms with van der Waals surface area (Å²) in [6, 6.07) is 16.8. The molecular weight excluding hydrogens is 294 g/mol. The minimum Gasteiger partial charge on any atom is -0.497 e. The average Bonchev–Trinajstić information content (AvgIpc) is 3.11. The molecule has 0 saturated carbocycles. The third-order valence-corrected chi connectivity index (χ3v) is 3.26. The summed E-state index contributed by atoms with van der Waals surface area (Å²) in [5.41, 5.74) is 1.74. The SMILES string of the molecule is COc1ccc(-c2noc(C(=O)NCc3ccccc3)n2)cc1. The molecule has 0 bridgehead atoms. The molecule has 1 heterocycles. The van der Waals surface area contributed by atoms with Crippen molar-refractivity contribution in [1.82, 2.24) is 15.5 Å². The quantitative estimate of drug-likeness (QED) is 0.784. The molecule has 116 valence electrons. The molecule has 0 aliphatic rings. The lowest BCUT2D eigenvalue weighted by molar-refractivity contribution is 0.0907. The number of carbonyl (C=O) groups excluding carboxylic acids is 1. The fourth-order valence-electron chi connectivity index (χ4n) is 2.03. The summed E-state index contributed by atoms with van der Waals surface area (Å²) in [7, 11) is 1.60. The standard InChI is InChI=1S/C17H15N3O3/c1-22-14-9-7-13(8-10-14)15-19-17(23-20-15)16(21)18-11-12-5-3-2-4-6-12/h2-10H,11H2,1H3,(H,18,21). The second-order valence-electron chi connectivity index (χ2n) is 4.82. The molecule has 1 amide bonds. The first-order chi connectivity index (χ1) is 11.3. The third kappa shape index (κ3) is 3.55. The Balaban J connectivity index is 1.67. The van der Waals surface area contributed by atoms with Crippen molar-refractivity contribution in [1.29, 1.82) is 0 Å². The number of aromatic nitrogens is 2. The number of ether oxygens (including phenoxy) is 1. The number of benzene rings is 2. The van der Waals surface area contributed by atoms with Gasteiger partial charge in [0.25, 0.3) is 0 Å². The van der Waals surface area contributed by atoms with Crippen LogP contribution in [-0.4, -0.2) is 23.2 Å². The van der Waals surface area contributed by atoms with Gasteiger partial charge in [0.1, 0.15) is 5.75 Å². The predicted octanol–water partition coefficient (Wildman–Crippen LogP) is 2.68. The number of hydrogen-bond acceptors (Lipinski definition) is 5. The molecule has 0 aliphatic heterocycles. The van der Waals surface area contributed by atoms with Crippen LogP contribution in [0.5, 0.6) is 5.75 Å². The highest BCUT2D eigenvalue weighted by atomic mass is 16.5. The molecule has 23 heavy (non-hydrogen) atoms. The Labute approximate surface area is 133 Å². The molecular formula is C17H15N3O3. The van der Waals surface area contributed by atoms with Crippen molar-refractivity contribution in [2.75, 3.05) is 7.11 Å². The number of amides is 1. The summed E-state index contributed by atoms with van der Waals surface area (Å²) in [5, 5.41) is 6.57. The smallest absolute Gasteiger partial charge is 0.316 e. The molecule has 1 aromatic heterocycles. The number of methoxy groups -OCH3 is 1. The fraction of sp³-hybridized carbons (Fsp3) is 0.118. The van der Waals surface area contributed by atoms with E-state index < -0.39 is 5.91 Å². The van der Waals surface area contributed by atoms with Crippen molar-refractivity contribution in [2.45, 2.75) is 6.54 Å². The van der Waals surface area contributed by atoms with Gasteiger partial charge >= 0.3 is 11.8 Å². The normalized spacial score (nSPS) is 10.3. The van der Waals surface area contributed by atoms with E-state index in [1.54, 1.807) is 31.4 Å². The van der Waals surface area contributed by atoms with Crippen LogP contribution in [0.15, 0.2) is 59.1 Å². The van der Waals surface area contributed by atoms with E-state index in [0.29, 0.717) is 12.4 Å². The van der Waals surface area contributed by atoms with Gasteiger partial charge in [-0.05, 0) is 29.8 Å². The van der Waals surface area contributed by atoms with Crippen molar-refractivity contribution >= 4 is 5.91 Å². The monoisotopic (exact) mass is 309 g/mol. The van der Waals surface area contributed by atoms with Gasteiger partial charge < -0.3 is 14.6 Å². The lowest BCUT2D eigenvalue weighted by Gasteiger charge is -2.01. The van der Waals surface area contributed by atoms with Crippen LogP contribution in [0.25, 0.3) is 11.4 Å². The molecule has 2 aromatic carbocycles. The van der Waals surface area contributed by atoms with Crippen LogP contribution in [0.3, 0.4) is 0 Å². The van der Waals surface area contributed by atoms with Crippen LogP contribution in [-0.2, 0) is 6.54 Å².